The summed E-state index contributed by atoms with van der Waals surface area (Å²) in [7, 11) is 0. The number of benzene rings is 1. The van der Waals surface area contributed by atoms with Crippen LogP contribution < -0.4 is 16.0 Å². The van der Waals surface area contributed by atoms with Crippen molar-refractivity contribution in [2.24, 2.45) is 4.99 Å². The third-order valence-corrected chi connectivity index (χ3v) is 4.25. The van der Waals surface area contributed by atoms with E-state index in [0.29, 0.717) is 12.6 Å². The number of hydrogen-bond donors (Lipinski definition) is 3. The molecule has 1 fully saturated rings. The van der Waals surface area contributed by atoms with Gasteiger partial charge < -0.3 is 16.0 Å². The second-order valence-corrected chi connectivity index (χ2v) is 6.26. The Morgan fingerprint density at radius 3 is 2.58 bits per heavy atom. The van der Waals surface area contributed by atoms with E-state index in [1.54, 1.807) is 0 Å². The van der Waals surface area contributed by atoms with Crippen molar-refractivity contribution >= 4 is 11.9 Å². The van der Waals surface area contributed by atoms with E-state index in [-0.39, 0.29) is 12.5 Å². The molecule has 0 heterocycles. The van der Waals surface area contributed by atoms with Crippen LogP contribution >= 0.6 is 0 Å². The number of nitrogens with zero attached hydrogens (tertiary/aromatic N) is 1. The second-order valence-electron chi connectivity index (χ2n) is 6.26. The number of nitrogens with one attached hydrogen (secondary N) is 3. The third kappa shape index (κ3) is 7.02. The Morgan fingerprint density at radius 2 is 1.88 bits per heavy atom. The SMILES string of the molecule is CCNC(=NCC(=O)NCCc1ccccc1)NC1CCCCC1. The number of carbonyl (C=O) groups excluding carboxylic acids is 1. The maximum absolute atomic E-state index is 12.0. The van der Waals surface area contributed by atoms with E-state index in [1.807, 2.05) is 25.1 Å². The van der Waals surface area contributed by atoms with Crippen LogP contribution in [-0.2, 0) is 11.2 Å². The molecule has 0 aromatic heterocycles. The van der Waals surface area contributed by atoms with E-state index < -0.39 is 0 Å². The molecule has 5 nitrogen and oxygen atoms in total. The Balaban J connectivity index is 1.71. The van der Waals surface area contributed by atoms with Crippen LogP contribution in [0, 0.1) is 0 Å². The summed E-state index contributed by atoms with van der Waals surface area (Å²) in [6, 6.07) is 10.7. The van der Waals surface area contributed by atoms with Gasteiger partial charge in [-0.2, -0.15) is 0 Å². The van der Waals surface area contributed by atoms with Gasteiger partial charge in [0.05, 0.1) is 0 Å². The quantitative estimate of drug-likeness (QED) is 0.531. The molecule has 1 aromatic carbocycles. The second kappa shape index (κ2) is 10.7. The normalized spacial score (nSPS) is 15.8. The van der Waals surface area contributed by atoms with Crippen LogP contribution in [0.3, 0.4) is 0 Å². The first kappa shape index (κ1) is 18.3. The molecule has 3 N–H and O–H groups in total. The molecular formula is C19H30N4O. The monoisotopic (exact) mass is 330 g/mol. The van der Waals surface area contributed by atoms with E-state index in [2.05, 4.69) is 33.1 Å². The summed E-state index contributed by atoms with van der Waals surface area (Å²) in [6.07, 6.45) is 7.10. The molecule has 0 saturated heterocycles. The topological polar surface area (TPSA) is 65.5 Å². The largest absolute Gasteiger partial charge is 0.357 e. The van der Waals surface area contributed by atoms with E-state index in [0.717, 1.165) is 18.9 Å². The predicted octanol–water partition coefficient (Wildman–Crippen LogP) is 2.23. The average molecular weight is 330 g/mol. The zero-order chi connectivity index (χ0) is 17.0. The molecule has 0 radical (unpaired) electrons. The van der Waals surface area contributed by atoms with Crippen molar-refractivity contribution in [2.45, 2.75) is 51.5 Å². The lowest BCUT2D eigenvalue weighted by molar-refractivity contribution is -0.119. The molecule has 132 valence electrons. The predicted molar refractivity (Wildman–Crippen MR) is 99.1 cm³/mol. The van der Waals surface area contributed by atoms with E-state index in [9.17, 15) is 4.79 Å². The van der Waals surface area contributed by atoms with E-state index in [1.165, 1.54) is 37.7 Å². The molecule has 0 aliphatic heterocycles. The van der Waals surface area contributed by atoms with Crippen molar-refractivity contribution in [3.8, 4) is 0 Å². The summed E-state index contributed by atoms with van der Waals surface area (Å²) in [5, 5.41) is 9.61. The van der Waals surface area contributed by atoms with E-state index >= 15 is 0 Å². The van der Waals surface area contributed by atoms with Crippen LogP contribution in [0.15, 0.2) is 35.3 Å². The van der Waals surface area contributed by atoms with E-state index in [4.69, 9.17) is 0 Å². The molecule has 24 heavy (non-hydrogen) atoms. The Morgan fingerprint density at radius 1 is 1.12 bits per heavy atom. The van der Waals surface area contributed by atoms with Crippen molar-refractivity contribution in [1.82, 2.24) is 16.0 Å². The molecule has 1 aliphatic rings. The number of aliphatic imine (C=N–C) groups is 1. The van der Waals surface area contributed by atoms with Crippen LogP contribution in [0.5, 0.6) is 0 Å². The molecule has 0 bridgehead atoms. The number of hydrogen-bond acceptors (Lipinski definition) is 2. The standard InChI is InChI=1S/C19H30N4O/c1-2-20-19(23-17-11-7-4-8-12-17)22-15-18(24)21-14-13-16-9-5-3-6-10-16/h3,5-6,9-10,17H,2,4,7-8,11-15H2,1H3,(H,21,24)(H2,20,22,23). The van der Waals surface area contributed by atoms with Gasteiger partial charge in [0.25, 0.3) is 0 Å². The summed E-state index contributed by atoms with van der Waals surface area (Å²) in [6.45, 7) is 3.65. The third-order valence-electron chi connectivity index (χ3n) is 4.25. The van der Waals surface area contributed by atoms with Crippen LogP contribution in [0.4, 0.5) is 0 Å². The van der Waals surface area contributed by atoms with Crippen molar-refractivity contribution in [2.75, 3.05) is 19.6 Å². The molecule has 5 heteroatoms. The molecular weight excluding hydrogens is 300 g/mol. The summed E-state index contributed by atoms with van der Waals surface area (Å²) in [4.78, 5) is 16.4. The van der Waals surface area contributed by atoms with Gasteiger partial charge in [0, 0.05) is 19.1 Å². The van der Waals surface area contributed by atoms with Crippen molar-refractivity contribution in [3.63, 3.8) is 0 Å². The lowest BCUT2D eigenvalue weighted by atomic mass is 9.96. The first-order valence-electron chi connectivity index (χ1n) is 9.13. The van der Waals surface area contributed by atoms with Crippen molar-refractivity contribution in [3.05, 3.63) is 35.9 Å². The maximum atomic E-state index is 12.0. The Hall–Kier alpha value is -2.04. The minimum absolute atomic E-state index is 0.0354. The molecule has 1 amide bonds. The molecule has 1 aromatic rings. The molecule has 1 saturated carbocycles. The lowest BCUT2D eigenvalue weighted by Crippen LogP contribution is -2.44. The summed E-state index contributed by atoms with van der Waals surface area (Å²) in [5.74, 6) is 0.717. The van der Waals surface area contributed by atoms with Gasteiger partial charge in [-0.1, -0.05) is 49.6 Å². The summed E-state index contributed by atoms with van der Waals surface area (Å²) >= 11 is 0. The highest BCUT2D eigenvalue weighted by atomic mass is 16.1. The van der Waals surface area contributed by atoms with Gasteiger partial charge in [-0.3, -0.25) is 4.79 Å². The first-order valence-corrected chi connectivity index (χ1v) is 9.13. The van der Waals surface area contributed by atoms with Gasteiger partial charge >= 0.3 is 0 Å². The van der Waals surface area contributed by atoms with Crippen molar-refractivity contribution < 1.29 is 4.79 Å². The fourth-order valence-corrected chi connectivity index (χ4v) is 2.96. The number of amides is 1. The fraction of sp³-hybridized carbons (Fsp3) is 0.579. The lowest BCUT2D eigenvalue weighted by Gasteiger charge is -2.24. The van der Waals surface area contributed by atoms with Crippen LogP contribution in [0.1, 0.15) is 44.6 Å². The van der Waals surface area contributed by atoms with Gasteiger partial charge in [0.1, 0.15) is 6.54 Å². The number of guanidine groups is 1. The first-order chi connectivity index (χ1) is 11.8. The van der Waals surface area contributed by atoms with Crippen LogP contribution in [-0.4, -0.2) is 37.5 Å². The minimum Gasteiger partial charge on any atom is -0.357 e. The highest BCUT2D eigenvalue weighted by Crippen LogP contribution is 2.17. The molecule has 1 aliphatic carbocycles. The highest BCUT2D eigenvalue weighted by molar-refractivity contribution is 5.85. The molecule has 0 unspecified atom stereocenters. The minimum atomic E-state index is -0.0354. The summed E-state index contributed by atoms with van der Waals surface area (Å²) < 4.78 is 0. The van der Waals surface area contributed by atoms with Crippen LogP contribution in [0.25, 0.3) is 0 Å². The van der Waals surface area contributed by atoms with Crippen LogP contribution in [0.2, 0.25) is 0 Å². The van der Waals surface area contributed by atoms with Gasteiger partial charge in [0.2, 0.25) is 5.91 Å². The summed E-state index contributed by atoms with van der Waals surface area (Å²) in [5.41, 5.74) is 1.23. The molecule has 2 rings (SSSR count). The number of carbonyl (C=O) groups is 1. The van der Waals surface area contributed by atoms with Gasteiger partial charge in [-0.15, -0.1) is 0 Å². The van der Waals surface area contributed by atoms with Gasteiger partial charge in [0.15, 0.2) is 5.96 Å². The highest BCUT2D eigenvalue weighted by Gasteiger charge is 2.14. The smallest absolute Gasteiger partial charge is 0.241 e. The zero-order valence-electron chi connectivity index (χ0n) is 14.7. The Kier molecular flexibility index (Phi) is 8.15. The van der Waals surface area contributed by atoms with Gasteiger partial charge in [-0.05, 0) is 31.7 Å². The Labute approximate surface area is 145 Å². The average Bonchev–Trinajstić information content (AvgIpc) is 2.62. The zero-order valence-corrected chi connectivity index (χ0v) is 14.7. The molecule has 0 atom stereocenters. The number of rotatable bonds is 7. The fourth-order valence-electron chi connectivity index (χ4n) is 2.96. The Bertz CT molecular complexity index is 509. The van der Waals surface area contributed by atoms with Gasteiger partial charge in [-0.25, -0.2) is 4.99 Å². The van der Waals surface area contributed by atoms with Crippen molar-refractivity contribution in [1.29, 1.82) is 0 Å². The molecule has 0 spiro atoms. The maximum Gasteiger partial charge on any atom is 0.241 e.